The summed E-state index contributed by atoms with van der Waals surface area (Å²) in [5.74, 6) is -6.16. The fraction of sp³-hybridized carbons (Fsp3) is 0.357. The molecule has 1 amide bonds. The van der Waals surface area contributed by atoms with E-state index in [4.69, 9.17) is 16.3 Å². The number of hydrogen-bond acceptors (Lipinski definition) is 6. The highest BCUT2D eigenvalue weighted by atomic mass is 35.5. The van der Waals surface area contributed by atoms with Crippen LogP contribution in [0.25, 0.3) is 0 Å². The van der Waals surface area contributed by atoms with Gasteiger partial charge in [-0.25, -0.2) is 21.6 Å². The topological polar surface area (TPSA) is 106 Å². The molecule has 0 saturated heterocycles. The lowest BCUT2D eigenvalue weighted by atomic mass is 9.77. The molecule has 2 fully saturated rings. The third-order valence-corrected chi connectivity index (χ3v) is 10.5. The van der Waals surface area contributed by atoms with Crippen molar-refractivity contribution in [3.8, 4) is 0 Å². The zero-order valence-electron chi connectivity index (χ0n) is 21.1. The Labute approximate surface area is 234 Å². The number of fused-ring (bicyclic) bond motifs is 2. The van der Waals surface area contributed by atoms with Gasteiger partial charge < -0.3 is 15.2 Å². The molecule has 5 rings (SSSR count). The molecule has 2 aliphatic rings. The Morgan fingerprint density at radius 1 is 1.05 bits per heavy atom. The number of ether oxygens (including phenoxy) is 1. The number of carbonyl (C=O) groups excluding carboxylic acids is 1. The number of halogens is 4. The minimum atomic E-state index is -4.03. The summed E-state index contributed by atoms with van der Waals surface area (Å²) in [4.78, 5) is 16.5. The van der Waals surface area contributed by atoms with Crippen molar-refractivity contribution in [3.63, 3.8) is 0 Å². The molecule has 0 radical (unpaired) electrons. The van der Waals surface area contributed by atoms with Gasteiger partial charge in [0, 0.05) is 35.8 Å². The van der Waals surface area contributed by atoms with E-state index in [-0.39, 0.29) is 52.5 Å². The second-order valence-corrected chi connectivity index (χ2v) is 12.9. The first kappa shape index (κ1) is 28.5. The number of benzene rings is 2. The van der Waals surface area contributed by atoms with Crippen molar-refractivity contribution in [2.45, 2.75) is 48.0 Å². The minimum absolute atomic E-state index is 0.0656. The molecular formula is C28H26ClF3N2O5S. The number of aliphatic hydroxyl groups is 1. The number of amides is 1. The van der Waals surface area contributed by atoms with E-state index >= 15 is 0 Å². The number of hydrogen-bond donors (Lipinski definition) is 2. The molecule has 1 heterocycles. The van der Waals surface area contributed by atoms with Gasteiger partial charge >= 0.3 is 0 Å². The average molecular weight is 595 g/mol. The van der Waals surface area contributed by atoms with E-state index in [1.54, 1.807) is 12.4 Å². The number of anilines is 1. The van der Waals surface area contributed by atoms with E-state index < -0.39 is 44.0 Å². The molecule has 2 bridgehead atoms. The lowest BCUT2D eigenvalue weighted by Crippen LogP contribution is -2.48. The molecule has 12 heteroatoms. The van der Waals surface area contributed by atoms with Crippen LogP contribution in [-0.4, -0.2) is 41.9 Å². The van der Waals surface area contributed by atoms with E-state index in [1.807, 2.05) is 12.1 Å². The van der Waals surface area contributed by atoms with Gasteiger partial charge in [-0.15, -0.1) is 0 Å². The quantitative estimate of drug-likeness (QED) is 0.342. The van der Waals surface area contributed by atoms with Gasteiger partial charge in [-0.05, 0) is 73.4 Å². The highest BCUT2D eigenvalue weighted by Crippen LogP contribution is 2.51. The maximum atomic E-state index is 13.9. The summed E-state index contributed by atoms with van der Waals surface area (Å²) >= 11 is 6.30. The molecule has 212 valence electrons. The van der Waals surface area contributed by atoms with Crippen molar-refractivity contribution in [2.24, 2.45) is 11.8 Å². The molecule has 2 aromatic carbocycles. The van der Waals surface area contributed by atoms with Crippen LogP contribution in [0.5, 0.6) is 0 Å². The first-order valence-electron chi connectivity index (χ1n) is 12.7. The Kier molecular flexibility index (Phi) is 7.93. The largest absolute Gasteiger partial charge is 0.387 e. The maximum Gasteiger partial charge on any atom is 0.255 e. The summed E-state index contributed by atoms with van der Waals surface area (Å²) in [7, 11) is -4.03. The van der Waals surface area contributed by atoms with Crippen molar-refractivity contribution in [2.75, 3.05) is 11.9 Å². The van der Waals surface area contributed by atoms with Gasteiger partial charge in [0.1, 0.15) is 0 Å². The second kappa shape index (κ2) is 11.1. The summed E-state index contributed by atoms with van der Waals surface area (Å²) in [6.45, 7) is 0.361. The van der Waals surface area contributed by atoms with Crippen molar-refractivity contribution in [1.29, 1.82) is 0 Å². The normalized spacial score (nSPS) is 24.2. The van der Waals surface area contributed by atoms with Gasteiger partial charge in [-0.2, -0.15) is 0 Å². The Hall–Kier alpha value is -2.99. The summed E-state index contributed by atoms with van der Waals surface area (Å²) in [6.07, 6.45) is 5.00. The lowest BCUT2D eigenvalue weighted by molar-refractivity contribution is -0.0866. The molecule has 0 spiro atoms. The van der Waals surface area contributed by atoms with E-state index in [1.165, 1.54) is 12.1 Å². The lowest BCUT2D eigenvalue weighted by Gasteiger charge is -2.40. The second-order valence-electron chi connectivity index (χ2n) is 10.4. The Morgan fingerprint density at radius 3 is 2.30 bits per heavy atom. The highest BCUT2D eigenvalue weighted by Gasteiger charge is 2.54. The number of carbonyl (C=O) groups is 1. The summed E-state index contributed by atoms with van der Waals surface area (Å²) in [5, 5.41) is 12.6. The van der Waals surface area contributed by atoms with Gasteiger partial charge in [0.15, 0.2) is 27.3 Å². The van der Waals surface area contributed by atoms with Crippen LogP contribution in [0.2, 0.25) is 5.02 Å². The number of nitrogens with one attached hydrogen (secondary N) is 1. The summed E-state index contributed by atoms with van der Waals surface area (Å²) in [5.41, 5.74) is -0.712. The van der Waals surface area contributed by atoms with Crippen molar-refractivity contribution in [3.05, 3.63) is 88.5 Å². The third kappa shape index (κ3) is 5.74. The van der Waals surface area contributed by atoms with Crippen LogP contribution < -0.4 is 5.32 Å². The molecule has 3 aromatic rings. The summed E-state index contributed by atoms with van der Waals surface area (Å²) in [6, 6.07) is 8.53. The average Bonchev–Trinajstić information content (AvgIpc) is 3.21. The van der Waals surface area contributed by atoms with Crippen LogP contribution in [0.4, 0.5) is 18.9 Å². The van der Waals surface area contributed by atoms with E-state index in [9.17, 15) is 31.5 Å². The fourth-order valence-electron chi connectivity index (χ4n) is 5.94. The molecule has 2 N–H and O–H groups in total. The predicted molar refractivity (Wildman–Crippen MR) is 141 cm³/mol. The standard InChI is InChI=1S/C28H26ClF3N2O5S/c29-21-4-3-17(27(35)34-20-10-22(30)25(32)23(31)11-20)9-24(21)40(37,38)26-18-1-2-19(26)13-28(36,12-18)15-39-14-16-5-7-33-8-6-16/h3-11,18-19,26,36H,1-2,12-15H2,(H,34,35). The number of aromatic nitrogens is 1. The molecule has 2 aliphatic carbocycles. The number of pyridine rings is 1. The van der Waals surface area contributed by atoms with Crippen LogP contribution in [-0.2, 0) is 21.2 Å². The fourth-order valence-corrected chi connectivity index (χ4v) is 8.78. The zero-order chi connectivity index (χ0) is 28.7. The van der Waals surface area contributed by atoms with Gasteiger partial charge in [-0.3, -0.25) is 9.78 Å². The smallest absolute Gasteiger partial charge is 0.255 e. The molecule has 2 atom stereocenters. The molecule has 2 saturated carbocycles. The van der Waals surface area contributed by atoms with E-state index in [0.29, 0.717) is 31.6 Å². The Balaban J connectivity index is 1.32. The number of rotatable bonds is 8. The van der Waals surface area contributed by atoms with Crippen LogP contribution in [0.15, 0.2) is 59.8 Å². The SMILES string of the molecule is O=C(Nc1cc(F)c(F)c(F)c1)c1ccc(Cl)c(S(=O)(=O)C2C3CCC2CC(O)(COCc2ccncc2)C3)c1. The third-order valence-electron chi connectivity index (χ3n) is 7.61. The van der Waals surface area contributed by atoms with Gasteiger partial charge in [0.05, 0.1) is 34.0 Å². The van der Waals surface area contributed by atoms with Crippen LogP contribution in [0, 0.1) is 29.3 Å². The van der Waals surface area contributed by atoms with Crippen molar-refractivity contribution in [1.82, 2.24) is 4.98 Å². The van der Waals surface area contributed by atoms with Crippen LogP contribution in [0.3, 0.4) is 0 Å². The molecule has 0 aliphatic heterocycles. The van der Waals surface area contributed by atoms with Crippen molar-refractivity contribution < 1.29 is 36.2 Å². The van der Waals surface area contributed by atoms with E-state index in [0.717, 1.165) is 11.6 Å². The predicted octanol–water partition coefficient (Wildman–Crippen LogP) is 5.31. The number of nitrogens with zero attached hydrogens (tertiary/aromatic N) is 1. The first-order valence-corrected chi connectivity index (χ1v) is 14.6. The Bertz CT molecular complexity index is 1500. The van der Waals surface area contributed by atoms with Crippen LogP contribution in [0.1, 0.15) is 41.6 Å². The van der Waals surface area contributed by atoms with Gasteiger partial charge in [-0.1, -0.05) is 11.6 Å². The molecule has 40 heavy (non-hydrogen) atoms. The monoisotopic (exact) mass is 594 g/mol. The Morgan fingerprint density at radius 2 is 1.68 bits per heavy atom. The van der Waals surface area contributed by atoms with E-state index in [2.05, 4.69) is 10.3 Å². The zero-order valence-corrected chi connectivity index (χ0v) is 22.7. The highest BCUT2D eigenvalue weighted by molar-refractivity contribution is 7.92. The minimum Gasteiger partial charge on any atom is -0.387 e. The maximum absolute atomic E-state index is 13.9. The van der Waals surface area contributed by atoms with Crippen molar-refractivity contribution >= 4 is 33.0 Å². The first-order chi connectivity index (χ1) is 19.0. The number of sulfone groups is 1. The van der Waals surface area contributed by atoms with Crippen LogP contribution >= 0.6 is 11.6 Å². The molecular weight excluding hydrogens is 569 g/mol. The van der Waals surface area contributed by atoms with Gasteiger partial charge in [0.2, 0.25) is 0 Å². The van der Waals surface area contributed by atoms with Gasteiger partial charge in [0.25, 0.3) is 5.91 Å². The summed E-state index contributed by atoms with van der Waals surface area (Å²) < 4.78 is 73.9. The molecule has 7 nitrogen and oxygen atoms in total. The molecule has 2 unspecified atom stereocenters. The molecule has 1 aromatic heterocycles.